The summed E-state index contributed by atoms with van der Waals surface area (Å²) in [5, 5.41) is 13.5. The number of phenols is 1. The Balaban J connectivity index is 1.85. The van der Waals surface area contributed by atoms with Crippen LogP contribution in [-0.2, 0) is 14.3 Å². The molecule has 3 atom stereocenters. The maximum Gasteiger partial charge on any atom is 0.315 e. The van der Waals surface area contributed by atoms with Crippen LogP contribution in [0.2, 0.25) is 5.02 Å². The number of methoxy groups -OCH3 is 1. The number of allylic oxidation sites excluding steroid dienone is 2. The van der Waals surface area contributed by atoms with E-state index in [1.54, 1.807) is 19.1 Å². The van der Waals surface area contributed by atoms with Gasteiger partial charge in [0.2, 0.25) is 0 Å². The molecule has 2 aromatic carbocycles. The zero-order valence-electron chi connectivity index (χ0n) is 18.6. The normalized spacial score (nSPS) is 22.5. The van der Waals surface area contributed by atoms with Crippen molar-refractivity contribution in [2.75, 3.05) is 13.7 Å². The van der Waals surface area contributed by atoms with Crippen LogP contribution in [0, 0.1) is 5.92 Å². The van der Waals surface area contributed by atoms with Gasteiger partial charge < -0.3 is 19.9 Å². The Morgan fingerprint density at radius 2 is 1.94 bits per heavy atom. The van der Waals surface area contributed by atoms with E-state index in [9.17, 15) is 14.7 Å². The Kier molecular flexibility index (Phi) is 6.47. The van der Waals surface area contributed by atoms with Gasteiger partial charge in [-0.15, -0.1) is 0 Å². The lowest BCUT2D eigenvalue weighted by Crippen LogP contribution is -2.42. The summed E-state index contributed by atoms with van der Waals surface area (Å²) in [6, 6.07) is 13.1. The van der Waals surface area contributed by atoms with E-state index in [2.05, 4.69) is 11.9 Å². The molecule has 0 amide bonds. The van der Waals surface area contributed by atoms with Crippen molar-refractivity contribution in [3.63, 3.8) is 0 Å². The Labute approximate surface area is 197 Å². The van der Waals surface area contributed by atoms with E-state index < -0.39 is 17.8 Å². The topological polar surface area (TPSA) is 84.9 Å². The number of phenolic OH excluding ortho intramolecular Hbond substituents is 1. The number of ether oxygens (including phenoxy) is 2. The SMILES string of the molecule is C=C1NC2=C(C(=O)CC(c3ccccc3)C2)C(c2cc(Cl)c(O)c(OC)c2)C1C(=O)OCC. The molecule has 6 nitrogen and oxygen atoms in total. The van der Waals surface area contributed by atoms with Crippen molar-refractivity contribution in [3.05, 3.63) is 82.2 Å². The molecular weight excluding hydrogens is 442 g/mol. The summed E-state index contributed by atoms with van der Waals surface area (Å²) in [7, 11) is 1.42. The van der Waals surface area contributed by atoms with Gasteiger partial charge in [0.05, 0.1) is 18.7 Å². The Morgan fingerprint density at radius 3 is 2.61 bits per heavy atom. The van der Waals surface area contributed by atoms with Crippen molar-refractivity contribution in [2.45, 2.75) is 31.6 Å². The fourth-order valence-corrected chi connectivity index (χ4v) is 5.03. The van der Waals surface area contributed by atoms with Gasteiger partial charge in [-0.1, -0.05) is 48.5 Å². The van der Waals surface area contributed by atoms with Gasteiger partial charge in [0.25, 0.3) is 0 Å². The highest BCUT2D eigenvalue weighted by Gasteiger charge is 2.45. The minimum Gasteiger partial charge on any atom is -0.503 e. The predicted octanol–water partition coefficient (Wildman–Crippen LogP) is 4.83. The zero-order chi connectivity index (χ0) is 23.7. The molecule has 1 heterocycles. The van der Waals surface area contributed by atoms with Crippen LogP contribution in [0.4, 0.5) is 0 Å². The number of benzene rings is 2. The molecule has 0 spiro atoms. The van der Waals surface area contributed by atoms with Crippen molar-refractivity contribution in [1.82, 2.24) is 5.32 Å². The number of carbonyl (C=O) groups excluding carboxylic acids is 2. The summed E-state index contributed by atoms with van der Waals surface area (Å²) >= 11 is 6.27. The average molecular weight is 468 g/mol. The molecule has 33 heavy (non-hydrogen) atoms. The molecule has 2 aromatic rings. The fourth-order valence-electron chi connectivity index (χ4n) is 4.81. The highest BCUT2D eigenvalue weighted by atomic mass is 35.5. The third-order valence-corrected chi connectivity index (χ3v) is 6.57. The maximum atomic E-state index is 13.5. The van der Waals surface area contributed by atoms with E-state index in [0.29, 0.717) is 29.7 Å². The lowest BCUT2D eigenvalue weighted by Gasteiger charge is -2.40. The molecule has 4 rings (SSSR count). The number of halogens is 1. The third-order valence-electron chi connectivity index (χ3n) is 6.28. The second-order valence-electron chi connectivity index (χ2n) is 8.24. The summed E-state index contributed by atoms with van der Waals surface area (Å²) in [4.78, 5) is 26.5. The molecule has 0 saturated heterocycles. The average Bonchev–Trinajstić information content (AvgIpc) is 2.80. The van der Waals surface area contributed by atoms with Crippen LogP contribution in [-0.4, -0.2) is 30.6 Å². The second kappa shape index (κ2) is 9.32. The van der Waals surface area contributed by atoms with Gasteiger partial charge in [-0.2, -0.15) is 0 Å². The van der Waals surface area contributed by atoms with Crippen molar-refractivity contribution in [3.8, 4) is 11.5 Å². The molecule has 1 aliphatic heterocycles. The molecule has 0 radical (unpaired) electrons. The smallest absolute Gasteiger partial charge is 0.315 e. The van der Waals surface area contributed by atoms with E-state index in [1.807, 2.05) is 30.3 Å². The van der Waals surface area contributed by atoms with Crippen molar-refractivity contribution in [2.24, 2.45) is 5.92 Å². The number of ketones is 1. The molecule has 2 aliphatic rings. The van der Waals surface area contributed by atoms with E-state index in [1.165, 1.54) is 7.11 Å². The standard InChI is InChI=1S/C26H26ClNO5/c1-4-33-26(31)22-14(2)28-19-11-16(15-8-6-5-7-9-15)12-20(29)24(19)23(22)17-10-18(27)25(30)21(13-17)32-3/h5-10,13,16,22-23,28,30H,2,4,11-12H2,1,3H3. The number of rotatable bonds is 5. The van der Waals surface area contributed by atoms with Gasteiger partial charge in [0.15, 0.2) is 17.3 Å². The number of carbonyl (C=O) groups is 2. The largest absolute Gasteiger partial charge is 0.503 e. The van der Waals surface area contributed by atoms with E-state index >= 15 is 0 Å². The first kappa shape index (κ1) is 22.9. The molecule has 3 unspecified atom stereocenters. The molecule has 0 fully saturated rings. The summed E-state index contributed by atoms with van der Waals surface area (Å²) in [5.74, 6) is -2.03. The predicted molar refractivity (Wildman–Crippen MR) is 125 cm³/mol. The number of aromatic hydroxyl groups is 1. The van der Waals surface area contributed by atoms with Crippen molar-refractivity contribution >= 4 is 23.4 Å². The van der Waals surface area contributed by atoms with E-state index in [-0.39, 0.29) is 34.8 Å². The Bertz CT molecular complexity index is 1140. The Hall–Kier alpha value is -3.25. The van der Waals surface area contributed by atoms with Gasteiger partial charge in [0, 0.05) is 29.3 Å². The fraction of sp³-hybridized carbons (Fsp3) is 0.308. The van der Waals surface area contributed by atoms with Gasteiger partial charge in [-0.3, -0.25) is 9.59 Å². The minimum absolute atomic E-state index is 0.0236. The van der Waals surface area contributed by atoms with Gasteiger partial charge in [-0.25, -0.2) is 0 Å². The Morgan fingerprint density at radius 1 is 1.21 bits per heavy atom. The van der Waals surface area contributed by atoms with Crippen LogP contribution in [0.15, 0.2) is 66.0 Å². The number of Topliss-reactive ketones (excluding diaryl/α,β-unsaturated/α-hetero) is 1. The van der Waals surface area contributed by atoms with Crippen LogP contribution in [0.5, 0.6) is 11.5 Å². The quantitative estimate of drug-likeness (QED) is 0.612. The van der Waals surface area contributed by atoms with Crippen LogP contribution < -0.4 is 10.1 Å². The highest BCUT2D eigenvalue weighted by Crippen LogP contribution is 2.49. The molecule has 2 N–H and O–H groups in total. The third kappa shape index (κ3) is 4.23. The van der Waals surface area contributed by atoms with Crippen molar-refractivity contribution < 1.29 is 24.2 Å². The highest BCUT2D eigenvalue weighted by molar-refractivity contribution is 6.32. The maximum absolute atomic E-state index is 13.5. The number of hydrogen-bond acceptors (Lipinski definition) is 6. The first-order valence-corrected chi connectivity index (χ1v) is 11.2. The number of esters is 1. The molecule has 7 heteroatoms. The zero-order valence-corrected chi connectivity index (χ0v) is 19.3. The lowest BCUT2D eigenvalue weighted by molar-refractivity contribution is -0.147. The molecule has 172 valence electrons. The van der Waals surface area contributed by atoms with E-state index in [0.717, 1.165) is 11.3 Å². The molecule has 0 saturated carbocycles. The van der Waals surface area contributed by atoms with Gasteiger partial charge in [-0.05, 0) is 42.5 Å². The number of hydrogen-bond donors (Lipinski definition) is 2. The van der Waals surface area contributed by atoms with Crippen LogP contribution in [0.3, 0.4) is 0 Å². The summed E-state index contributed by atoms with van der Waals surface area (Å²) in [5.41, 5.74) is 3.40. The lowest BCUT2D eigenvalue weighted by atomic mass is 9.69. The van der Waals surface area contributed by atoms with Crippen LogP contribution in [0.1, 0.15) is 42.7 Å². The monoisotopic (exact) mass is 467 g/mol. The second-order valence-corrected chi connectivity index (χ2v) is 8.65. The van der Waals surface area contributed by atoms with Gasteiger partial charge in [0.1, 0.15) is 5.92 Å². The summed E-state index contributed by atoms with van der Waals surface area (Å²) < 4.78 is 10.6. The molecular formula is C26H26ClNO5. The van der Waals surface area contributed by atoms with E-state index in [4.69, 9.17) is 21.1 Å². The summed E-state index contributed by atoms with van der Waals surface area (Å²) in [6.45, 7) is 6.03. The van der Waals surface area contributed by atoms with Crippen LogP contribution in [0.25, 0.3) is 0 Å². The van der Waals surface area contributed by atoms with Crippen LogP contribution >= 0.6 is 11.6 Å². The molecule has 0 aromatic heterocycles. The molecule has 0 bridgehead atoms. The molecule has 1 aliphatic carbocycles. The first-order valence-electron chi connectivity index (χ1n) is 10.9. The number of nitrogens with one attached hydrogen (secondary N) is 1. The van der Waals surface area contributed by atoms with Crippen molar-refractivity contribution in [1.29, 1.82) is 0 Å². The minimum atomic E-state index is -0.828. The summed E-state index contributed by atoms with van der Waals surface area (Å²) in [6.07, 6.45) is 0.936. The van der Waals surface area contributed by atoms with Gasteiger partial charge >= 0.3 is 5.97 Å². The first-order chi connectivity index (χ1) is 15.8.